The molecule has 0 aromatic heterocycles. The molecule has 6 nitrogen and oxygen atoms in total. The summed E-state index contributed by atoms with van der Waals surface area (Å²) in [6.07, 6.45) is -1.07. The highest BCUT2D eigenvalue weighted by Crippen LogP contribution is 2.37. The molecule has 3 aromatic carbocycles. The van der Waals surface area contributed by atoms with Gasteiger partial charge in [-0.1, -0.05) is 35.9 Å². The van der Waals surface area contributed by atoms with Crippen LogP contribution in [0.15, 0.2) is 77.7 Å². The quantitative estimate of drug-likeness (QED) is 0.597. The van der Waals surface area contributed by atoms with E-state index in [1.807, 2.05) is 0 Å². The fraction of sp³-hybridized carbons (Fsp3) is 0.174. The topological polar surface area (TPSA) is 75.7 Å². The third-order valence-electron chi connectivity index (χ3n) is 5.16. The van der Waals surface area contributed by atoms with E-state index in [0.29, 0.717) is 16.3 Å². The van der Waals surface area contributed by atoms with Crippen LogP contribution in [0.1, 0.15) is 18.5 Å². The normalized spacial score (nSPS) is 16.6. The largest absolute Gasteiger partial charge is 0.476 e. The monoisotopic (exact) mass is 474 g/mol. The number of rotatable bonds is 5. The van der Waals surface area contributed by atoms with Gasteiger partial charge in [-0.3, -0.25) is 9.10 Å². The summed E-state index contributed by atoms with van der Waals surface area (Å²) in [7, 11) is -3.97. The standard InChI is InChI=1S/C23H20ClFN2O4S/c1-15(16-6-10-18(25)11-7-16)26-23(28)22-14-27(20-4-2-3-5-21(20)31-22)32(29,30)19-12-8-17(24)9-13-19/h2-13,15,22H,14H2,1H3,(H,26,28)/t15-,22+/m1/s1. The van der Waals surface area contributed by atoms with E-state index in [9.17, 15) is 17.6 Å². The molecule has 0 fully saturated rings. The van der Waals surface area contributed by atoms with Crippen LogP contribution in [-0.4, -0.2) is 27.0 Å². The Labute approximate surface area is 190 Å². The van der Waals surface area contributed by atoms with Crippen LogP contribution in [0.3, 0.4) is 0 Å². The summed E-state index contributed by atoms with van der Waals surface area (Å²) >= 11 is 5.90. The maximum atomic E-state index is 13.4. The van der Waals surface area contributed by atoms with Crippen LogP contribution in [0, 0.1) is 5.82 Å². The Hall–Kier alpha value is -3.10. The number of fused-ring (bicyclic) bond motifs is 1. The predicted octanol–water partition coefficient (Wildman–Crippen LogP) is 4.31. The molecule has 0 unspecified atom stereocenters. The number of carbonyl (C=O) groups is 1. The number of anilines is 1. The summed E-state index contributed by atoms with van der Waals surface area (Å²) in [6.45, 7) is 1.55. The van der Waals surface area contributed by atoms with Gasteiger partial charge in [-0.05, 0) is 61.0 Å². The van der Waals surface area contributed by atoms with Crippen molar-refractivity contribution in [2.24, 2.45) is 0 Å². The second-order valence-electron chi connectivity index (χ2n) is 7.35. The average molecular weight is 475 g/mol. The highest BCUT2D eigenvalue weighted by atomic mass is 35.5. The van der Waals surface area contributed by atoms with Crippen molar-refractivity contribution < 1.29 is 22.3 Å². The highest BCUT2D eigenvalue weighted by Gasteiger charge is 2.37. The lowest BCUT2D eigenvalue weighted by atomic mass is 10.1. The minimum Gasteiger partial charge on any atom is -0.476 e. The lowest BCUT2D eigenvalue weighted by molar-refractivity contribution is -0.128. The average Bonchev–Trinajstić information content (AvgIpc) is 2.79. The van der Waals surface area contributed by atoms with E-state index in [1.54, 1.807) is 43.3 Å². The number of benzene rings is 3. The van der Waals surface area contributed by atoms with E-state index in [0.717, 1.165) is 0 Å². The molecule has 0 spiro atoms. The van der Waals surface area contributed by atoms with E-state index in [1.165, 1.54) is 40.7 Å². The molecule has 0 radical (unpaired) electrons. The highest BCUT2D eigenvalue weighted by molar-refractivity contribution is 7.92. The zero-order chi connectivity index (χ0) is 22.9. The molecule has 1 heterocycles. The van der Waals surface area contributed by atoms with Crippen molar-refractivity contribution in [1.82, 2.24) is 5.32 Å². The summed E-state index contributed by atoms with van der Waals surface area (Å²) in [6, 6.07) is 17.8. The van der Waals surface area contributed by atoms with Crippen LogP contribution in [0.2, 0.25) is 5.02 Å². The number of halogens is 2. The summed E-state index contributed by atoms with van der Waals surface area (Å²) in [4.78, 5) is 13.0. The van der Waals surface area contributed by atoms with Crippen LogP contribution in [0.5, 0.6) is 5.75 Å². The molecule has 0 saturated carbocycles. The molecule has 4 rings (SSSR count). The van der Waals surface area contributed by atoms with Crippen LogP contribution >= 0.6 is 11.6 Å². The second-order valence-corrected chi connectivity index (χ2v) is 9.64. The molecule has 1 aliphatic rings. The molecule has 1 N–H and O–H groups in total. The van der Waals surface area contributed by atoms with Gasteiger partial charge in [0.2, 0.25) is 0 Å². The Morgan fingerprint density at radius 3 is 2.44 bits per heavy atom. The lowest BCUT2D eigenvalue weighted by Crippen LogP contribution is -2.51. The fourth-order valence-corrected chi connectivity index (χ4v) is 5.04. The minimum atomic E-state index is -3.97. The number of nitrogens with zero attached hydrogens (tertiary/aromatic N) is 1. The van der Waals surface area contributed by atoms with Crippen LogP contribution in [0.4, 0.5) is 10.1 Å². The van der Waals surface area contributed by atoms with Crippen molar-refractivity contribution in [3.8, 4) is 5.75 Å². The van der Waals surface area contributed by atoms with Crippen LogP contribution in [-0.2, 0) is 14.8 Å². The molecular formula is C23H20ClFN2O4S. The van der Waals surface area contributed by atoms with Crippen molar-refractivity contribution in [2.75, 3.05) is 10.8 Å². The van der Waals surface area contributed by atoms with Crippen molar-refractivity contribution in [3.63, 3.8) is 0 Å². The van der Waals surface area contributed by atoms with Crippen LogP contribution < -0.4 is 14.4 Å². The summed E-state index contributed by atoms with van der Waals surface area (Å²) in [5, 5.41) is 3.23. The molecule has 0 bridgehead atoms. The van der Waals surface area contributed by atoms with Gasteiger partial charge in [0.1, 0.15) is 11.6 Å². The van der Waals surface area contributed by atoms with E-state index in [2.05, 4.69) is 5.32 Å². The fourth-order valence-electron chi connectivity index (χ4n) is 3.44. The Morgan fingerprint density at radius 1 is 1.09 bits per heavy atom. The Kier molecular flexibility index (Phi) is 6.08. The van der Waals surface area contributed by atoms with Gasteiger partial charge >= 0.3 is 0 Å². The Morgan fingerprint density at radius 2 is 1.75 bits per heavy atom. The van der Waals surface area contributed by atoms with E-state index < -0.39 is 28.1 Å². The number of hydrogen-bond acceptors (Lipinski definition) is 4. The molecule has 166 valence electrons. The van der Waals surface area contributed by atoms with Gasteiger partial charge in [0.05, 0.1) is 23.2 Å². The molecule has 0 saturated heterocycles. The van der Waals surface area contributed by atoms with Gasteiger partial charge in [-0.2, -0.15) is 0 Å². The molecule has 3 aromatic rings. The third-order valence-corrected chi connectivity index (χ3v) is 7.20. The zero-order valence-corrected chi connectivity index (χ0v) is 18.6. The summed E-state index contributed by atoms with van der Waals surface area (Å²) < 4.78 is 46.9. The molecule has 9 heteroatoms. The van der Waals surface area contributed by atoms with Gasteiger partial charge in [0.15, 0.2) is 6.10 Å². The van der Waals surface area contributed by atoms with E-state index >= 15 is 0 Å². The first-order chi connectivity index (χ1) is 15.3. The number of amides is 1. The summed E-state index contributed by atoms with van der Waals surface area (Å²) in [5.41, 5.74) is 1.06. The minimum absolute atomic E-state index is 0.0532. The van der Waals surface area contributed by atoms with Crippen molar-refractivity contribution in [3.05, 3.63) is 89.2 Å². The maximum absolute atomic E-state index is 13.4. The Bertz CT molecular complexity index is 1230. The molecule has 2 atom stereocenters. The molecule has 1 aliphatic heterocycles. The van der Waals surface area contributed by atoms with Crippen LogP contribution in [0.25, 0.3) is 0 Å². The number of sulfonamides is 1. The molecule has 1 amide bonds. The first-order valence-corrected chi connectivity index (χ1v) is 11.7. The van der Waals surface area contributed by atoms with Gasteiger partial charge in [-0.15, -0.1) is 0 Å². The Balaban J connectivity index is 1.61. The molecule has 0 aliphatic carbocycles. The summed E-state index contributed by atoms with van der Waals surface area (Å²) in [5.74, 6) is -0.568. The molecular weight excluding hydrogens is 455 g/mol. The first kappa shape index (κ1) is 22.1. The number of nitrogens with one attached hydrogen (secondary N) is 1. The van der Waals surface area contributed by atoms with Gasteiger partial charge in [0, 0.05) is 5.02 Å². The number of para-hydroxylation sites is 2. The maximum Gasteiger partial charge on any atom is 0.264 e. The predicted molar refractivity (Wildman–Crippen MR) is 120 cm³/mol. The van der Waals surface area contributed by atoms with E-state index in [4.69, 9.17) is 16.3 Å². The zero-order valence-electron chi connectivity index (χ0n) is 17.0. The van der Waals surface area contributed by atoms with Crippen molar-refractivity contribution in [1.29, 1.82) is 0 Å². The van der Waals surface area contributed by atoms with Crippen molar-refractivity contribution in [2.45, 2.75) is 24.0 Å². The van der Waals surface area contributed by atoms with E-state index in [-0.39, 0.29) is 23.0 Å². The number of hydrogen-bond donors (Lipinski definition) is 1. The third kappa shape index (κ3) is 4.42. The lowest BCUT2D eigenvalue weighted by Gasteiger charge is -2.35. The van der Waals surface area contributed by atoms with Gasteiger partial charge < -0.3 is 10.1 Å². The SMILES string of the molecule is C[C@@H](NC(=O)[C@@H]1CN(S(=O)(=O)c2ccc(Cl)cc2)c2ccccc2O1)c1ccc(F)cc1. The van der Waals surface area contributed by atoms with Gasteiger partial charge in [-0.25, -0.2) is 12.8 Å². The van der Waals surface area contributed by atoms with Crippen molar-refractivity contribution >= 4 is 33.2 Å². The smallest absolute Gasteiger partial charge is 0.264 e. The van der Waals surface area contributed by atoms with Gasteiger partial charge in [0.25, 0.3) is 15.9 Å². The molecule has 32 heavy (non-hydrogen) atoms. The number of carbonyl (C=O) groups excluding carboxylic acids is 1. The first-order valence-electron chi connectivity index (χ1n) is 9.85. The number of ether oxygens (including phenoxy) is 1. The second kappa shape index (κ2) is 8.80.